The maximum atomic E-state index is 12.7. The van der Waals surface area contributed by atoms with Crippen LogP contribution in [0.1, 0.15) is 12.8 Å². The number of hydrogen-bond acceptors (Lipinski definition) is 5. The van der Waals surface area contributed by atoms with Crippen LogP contribution in [0.4, 0.5) is 0 Å². The molecule has 1 unspecified atom stereocenters. The van der Waals surface area contributed by atoms with Crippen LogP contribution in [-0.4, -0.2) is 67.3 Å². The Morgan fingerprint density at radius 2 is 2.18 bits per heavy atom. The van der Waals surface area contributed by atoms with Crippen LogP contribution >= 0.6 is 0 Å². The topological polar surface area (TPSA) is 82.6 Å². The highest BCUT2D eigenvalue weighted by Gasteiger charge is 2.35. The Bertz CT molecular complexity index is 635. The highest BCUT2D eigenvalue weighted by Crippen LogP contribution is 2.23. The van der Waals surface area contributed by atoms with Gasteiger partial charge in [0.25, 0.3) is 0 Å². The molecule has 0 aromatic carbocycles. The Morgan fingerprint density at radius 3 is 2.91 bits per heavy atom. The lowest BCUT2D eigenvalue weighted by molar-refractivity contribution is -0.135. The average Bonchev–Trinajstić information content (AvgIpc) is 2.56. The van der Waals surface area contributed by atoms with Gasteiger partial charge in [0.2, 0.25) is 15.9 Å². The van der Waals surface area contributed by atoms with E-state index in [1.165, 1.54) is 10.5 Å². The largest absolute Gasteiger partial charge is 0.336 e. The third-order valence-electron chi connectivity index (χ3n) is 4.20. The molecule has 1 aromatic heterocycles. The highest BCUT2D eigenvalue weighted by atomic mass is 32.2. The van der Waals surface area contributed by atoms with Crippen molar-refractivity contribution in [1.82, 2.24) is 19.5 Å². The minimum absolute atomic E-state index is 0.0326. The molecule has 2 saturated heterocycles. The fourth-order valence-electron chi connectivity index (χ4n) is 3.05. The molecule has 2 aliphatic rings. The molecule has 0 saturated carbocycles. The molecule has 0 spiro atoms. The summed E-state index contributed by atoms with van der Waals surface area (Å²) in [6, 6.07) is 3.14. The van der Waals surface area contributed by atoms with Crippen molar-refractivity contribution in [2.24, 2.45) is 0 Å². The van der Waals surface area contributed by atoms with E-state index in [0.717, 1.165) is 19.4 Å². The number of pyridine rings is 1. The van der Waals surface area contributed by atoms with Gasteiger partial charge in [-0.05, 0) is 25.0 Å². The zero-order valence-corrected chi connectivity index (χ0v) is 13.1. The van der Waals surface area contributed by atoms with Crippen molar-refractivity contribution in [2.45, 2.75) is 23.8 Å². The number of amides is 1. The Labute approximate surface area is 130 Å². The summed E-state index contributed by atoms with van der Waals surface area (Å²) in [5.74, 6) is 0.0527. The number of nitrogens with one attached hydrogen (secondary N) is 1. The van der Waals surface area contributed by atoms with Crippen molar-refractivity contribution in [3.05, 3.63) is 24.5 Å². The second-order valence-electron chi connectivity index (χ2n) is 5.61. The van der Waals surface area contributed by atoms with Crippen LogP contribution in [0.15, 0.2) is 29.4 Å². The van der Waals surface area contributed by atoms with Crippen molar-refractivity contribution in [3.63, 3.8) is 0 Å². The van der Waals surface area contributed by atoms with E-state index in [4.69, 9.17) is 0 Å². The Kier molecular flexibility index (Phi) is 4.42. The normalized spacial score (nSPS) is 24.5. The number of carbonyl (C=O) groups excluding carboxylic acids is 1. The molecule has 1 aromatic rings. The van der Waals surface area contributed by atoms with Crippen molar-refractivity contribution in [1.29, 1.82) is 0 Å². The second kappa shape index (κ2) is 6.31. The van der Waals surface area contributed by atoms with Gasteiger partial charge in [-0.3, -0.25) is 9.78 Å². The number of carbonyl (C=O) groups is 1. The van der Waals surface area contributed by atoms with Crippen LogP contribution in [-0.2, 0) is 14.8 Å². The second-order valence-corrected chi connectivity index (χ2v) is 7.55. The number of nitrogens with zero attached hydrogens (tertiary/aromatic N) is 3. The predicted molar refractivity (Wildman–Crippen MR) is 80.6 cm³/mol. The van der Waals surface area contributed by atoms with E-state index >= 15 is 0 Å². The molecular weight excluding hydrogens is 304 g/mol. The number of sulfonamides is 1. The van der Waals surface area contributed by atoms with Crippen LogP contribution < -0.4 is 5.32 Å². The van der Waals surface area contributed by atoms with E-state index in [1.807, 2.05) is 4.90 Å². The Balaban J connectivity index is 1.77. The summed E-state index contributed by atoms with van der Waals surface area (Å²) in [5.41, 5.74) is 0. The van der Waals surface area contributed by atoms with Crippen molar-refractivity contribution in [3.8, 4) is 0 Å². The summed E-state index contributed by atoms with van der Waals surface area (Å²) in [5, 5.41) is 3.04. The standard InChI is InChI=1S/C14H20N4O3S/c19-14-10-16-6-8-18(14)12-3-2-7-17(11-12)22(20,21)13-4-1-5-15-9-13/h1,4-5,9,12,16H,2-3,6-8,10-11H2. The quantitative estimate of drug-likeness (QED) is 0.823. The molecule has 0 bridgehead atoms. The Morgan fingerprint density at radius 1 is 1.32 bits per heavy atom. The van der Waals surface area contributed by atoms with E-state index in [0.29, 0.717) is 26.2 Å². The van der Waals surface area contributed by atoms with E-state index in [2.05, 4.69) is 10.3 Å². The van der Waals surface area contributed by atoms with Gasteiger partial charge in [0, 0.05) is 44.6 Å². The van der Waals surface area contributed by atoms with Crippen molar-refractivity contribution >= 4 is 15.9 Å². The molecule has 120 valence electrons. The van der Waals surface area contributed by atoms with E-state index < -0.39 is 10.0 Å². The molecule has 8 heteroatoms. The molecule has 2 fully saturated rings. The number of aromatic nitrogens is 1. The number of piperazine rings is 1. The summed E-state index contributed by atoms with van der Waals surface area (Å²) in [7, 11) is -3.53. The van der Waals surface area contributed by atoms with Gasteiger partial charge in [0.05, 0.1) is 6.54 Å². The smallest absolute Gasteiger partial charge is 0.244 e. The van der Waals surface area contributed by atoms with Gasteiger partial charge in [0.1, 0.15) is 4.90 Å². The van der Waals surface area contributed by atoms with Crippen molar-refractivity contribution in [2.75, 3.05) is 32.7 Å². The average molecular weight is 324 g/mol. The van der Waals surface area contributed by atoms with E-state index in [9.17, 15) is 13.2 Å². The maximum absolute atomic E-state index is 12.7. The molecule has 1 N–H and O–H groups in total. The highest BCUT2D eigenvalue weighted by molar-refractivity contribution is 7.89. The van der Waals surface area contributed by atoms with E-state index in [-0.39, 0.29) is 16.8 Å². The minimum Gasteiger partial charge on any atom is -0.336 e. The number of piperidine rings is 1. The number of rotatable bonds is 3. The third kappa shape index (κ3) is 2.99. The zero-order chi connectivity index (χ0) is 15.6. The molecule has 1 atom stereocenters. The fourth-order valence-corrected chi connectivity index (χ4v) is 4.53. The van der Waals surface area contributed by atoms with Gasteiger partial charge in [-0.2, -0.15) is 4.31 Å². The summed E-state index contributed by atoms with van der Waals surface area (Å²) in [4.78, 5) is 17.9. The summed E-state index contributed by atoms with van der Waals surface area (Å²) in [6.45, 7) is 2.60. The summed E-state index contributed by atoms with van der Waals surface area (Å²) in [6.07, 6.45) is 4.54. The van der Waals surface area contributed by atoms with Gasteiger partial charge in [-0.15, -0.1) is 0 Å². The molecule has 22 heavy (non-hydrogen) atoms. The first-order chi connectivity index (χ1) is 10.6. The van der Waals surface area contributed by atoms with Gasteiger partial charge >= 0.3 is 0 Å². The van der Waals surface area contributed by atoms with Gasteiger partial charge in [0.15, 0.2) is 0 Å². The SMILES string of the molecule is O=C1CNCCN1C1CCCN(S(=O)(=O)c2cccnc2)C1. The molecule has 3 heterocycles. The number of hydrogen-bond donors (Lipinski definition) is 1. The maximum Gasteiger partial charge on any atom is 0.244 e. The van der Waals surface area contributed by atoms with Crippen LogP contribution in [0.5, 0.6) is 0 Å². The van der Waals surface area contributed by atoms with Gasteiger partial charge in [-0.25, -0.2) is 8.42 Å². The zero-order valence-electron chi connectivity index (χ0n) is 12.3. The lowest BCUT2D eigenvalue weighted by atomic mass is 10.1. The summed E-state index contributed by atoms with van der Waals surface area (Å²) < 4.78 is 26.8. The summed E-state index contributed by atoms with van der Waals surface area (Å²) >= 11 is 0. The molecule has 0 aliphatic carbocycles. The molecule has 1 amide bonds. The third-order valence-corrected chi connectivity index (χ3v) is 6.05. The van der Waals surface area contributed by atoms with Gasteiger partial charge in [-0.1, -0.05) is 0 Å². The molecule has 3 rings (SSSR count). The van der Waals surface area contributed by atoms with Crippen LogP contribution in [0, 0.1) is 0 Å². The van der Waals surface area contributed by atoms with Crippen LogP contribution in [0.25, 0.3) is 0 Å². The first kappa shape index (κ1) is 15.4. The van der Waals surface area contributed by atoms with Crippen LogP contribution in [0.2, 0.25) is 0 Å². The predicted octanol–water partition coefficient (Wildman–Crippen LogP) is -0.333. The minimum atomic E-state index is -3.53. The van der Waals surface area contributed by atoms with E-state index in [1.54, 1.807) is 18.3 Å². The van der Waals surface area contributed by atoms with Gasteiger partial charge < -0.3 is 10.2 Å². The molecule has 0 radical (unpaired) electrons. The Hall–Kier alpha value is -1.51. The van der Waals surface area contributed by atoms with Crippen LogP contribution in [0.3, 0.4) is 0 Å². The van der Waals surface area contributed by atoms with Crippen molar-refractivity contribution < 1.29 is 13.2 Å². The molecule has 2 aliphatic heterocycles. The molecular formula is C14H20N4O3S. The lowest BCUT2D eigenvalue weighted by Gasteiger charge is -2.40. The molecule has 7 nitrogen and oxygen atoms in total. The monoisotopic (exact) mass is 324 g/mol. The lowest BCUT2D eigenvalue weighted by Crippen LogP contribution is -2.57. The first-order valence-corrected chi connectivity index (χ1v) is 8.93. The first-order valence-electron chi connectivity index (χ1n) is 7.49. The fraction of sp³-hybridized carbons (Fsp3) is 0.571.